The van der Waals surface area contributed by atoms with Crippen LogP contribution < -0.4 is 0 Å². The van der Waals surface area contributed by atoms with E-state index in [1.165, 1.54) is 24.0 Å². The van der Waals surface area contributed by atoms with Gasteiger partial charge in [-0.1, -0.05) is 37.6 Å². The number of β-amino-alcohol motifs (C(OH)–C–C–N with tert-alkyl or cyclic N) is 1. The van der Waals surface area contributed by atoms with E-state index in [0.717, 1.165) is 25.2 Å². The SMILES string of the molecule is Cc1ccc(C)c(C(O)CN2CCC(C)(C)CC2)c1. The summed E-state index contributed by atoms with van der Waals surface area (Å²) in [4.78, 5) is 2.40. The molecule has 19 heavy (non-hydrogen) atoms. The molecule has 0 saturated carbocycles. The summed E-state index contributed by atoms with van der Waals surface area (Å²) in [5, 5.41) is 10.5. The van der Waals surface area contributed by atoms with E-state index >= 15 is 0 Å². The highest BCUT2D eigenvalue weighted by Gasteiger charge is 2.26. The smallest absolute Gasteiger partial charge is 0.0919 e. The number of piperidine rings is 1. The lowest BCUT2D eigenvalue weighted by Gasteiger charge is -2.37. The van der Waals surface area contributed by atoms with Crippen LogP contribution in [-0.2, 0) is 0 Å². The Morgan fingerprint density at radius 1 is 1.21 bits per heavy atom. The number of hydrogen-bond acceptors (Lipinski definition) is 2. The summed E-state index contributed by atoms with van der Waals surface area (Å²) in [6.07, 6.45) is 2.10. The zero-order chi connectivity index (χ0) is 14.0. The highest BCUT2D eigenvalue weighted by atomic mass is 16.3. The molecule has 1 fully saturated rings. The van der Waals surface area contributed by atoms with Crippen LogP contribution in [0.1, 0.15) is 49.5 Å². The van der Waals surface area contributed by atoms with Gasteiger partial charge in [-0.3, -0.25) is 0 Å². The summed E-state index contributed by atoms with van der Waals surface area (Å²) in [7, 11) is 0. The number of likely N-dealkylation sites (tertiary alicyclic amines) is 1. The van der Waals surface area contributed by atoms with Crippen LogP contribution in [0.4, 0.5) is 0 Å². The molecule has 106 valence electrons. The van der Waals surface area contributed by atoms with Crippen LogP contribution in [0.5, 0.6) is 0 Å². The van der Waals surface area contributed by atoms with Gasteiger partial charge in [0, 0.05) is 6.54 Å². The molecule has 1 atom stereocenters. The minimum atomic E-state index is -0.360. The van der Waals surface area contributed by atoms with Gasteiger partial charge < -0.3 is 10.0 Å². The summed E-state index contributed by atoms with van der Waals surface area (Å²) in [6, 6.07) is 6.33. The first-order valence-electron chi connectivity index (χ1n) is 7.35. The molecule has 1 aliphatic rings. The lowest BCUT2D eigenvalue weighted by molar-refractivity contribution is 0.0700. The average molecular weight is 261 g/mol. The molecule has 0 bridgehead atoms. The van der Waals surface area contributed by atoms with E-state index in [1.807, 2.05) is 0 Å². The molecule has 1 aliphatic heterocycles. The van der Waals surface area contributed by atoms with Gasteiger partial charge in [0.25, 0.3) is 0 Å². The van der Waals surface area contributed by atoms with E-state index in [1.54, 1.807) is 0 Å². The third kappa shape index (κ3) is 3.80. The van der Waals surface area contributed by atoms with Gasteiger partial charge in [-0.05, 0) is 56.3 Å². The number of aryl methyl sites for hydroxylation is 2. The van der Waals surface area contributed by atoms with Gasteiger partial charge in [-0.15, -0.1) is 0 Å². The maximum absolute atomic E-state index is 10.5. The zero-order valence-corrected chi connectivity index (χ0v) is 12.7. The Balaban J connectivity index is 1.98. The van der Waals surface area contributed by atoms with Crippen LogP contribution in [0.15, 0.2) is 18.2 Å². The summed E-state index contributed by atoms with van der Waals surface area (Å²) >= 11 is 0. The number of nitrogens with zero attached hydrogens (tertiary/aromatic N) is 1. The molecule has 1 N–H and O–H groups in total. The summed E-state index contributed by atoms with van der Waals surface area (Å²) in [5.41, 5.74) is 3.97. The number of rotatable bonds is 3. The topological polar surface area (TPSA) is 23.5 Å². The van der Waals surface area contributed by atoms with Gasteiger partial charge in [-0.25, -0.2) is 0 Å². The van der Waals surface area contributed by atoms with Crippen molar-refractivity contribution in [2.45, 2.75) is 46.6 Å². The minimum Gasteiger partial charge on any atom is -0.387 e. The molecule has 1 unspecified atom stereocenters. The standard InChI is InChI=1S/C17H27NO/c1-13-5-6-14(2)15(11-13)16(19)12-18-9-7-17(3,4)8-10-18/h5-6,11,16,19H,7-10,12H2,1-4H3. The maximum atomic E-state index is 10.5. The molecule has 0 spiro atoms. The lowest BCUT2D eigenvalue weighted by Crippen LogP contribution is -2.39. The summed E-state index contributed by atoms with van der Waals surface area (Å²) in [5.74, 6) is 0. The molecule has 1 aromatic rings. The minimum absolute atomic E-state index is 0.360. The fourth-order valence-corrected chi connectivity index (χ4v) is 2.80. The highest BCUT2D eigenvalue weighted by Crippen LogP contribution is 2.30. The molecular weight excluding hydrogens is 234 g/mol. The van der Waals surface area contributed by atoms with Crippen LogP contribution in [0.3, 0.4) is 0 Å². The summed E-state index contributed by atoms with van der Waals surface area (Å²) < 4.78 is 0. The molecule has 1 heterocycles. The Labute approximate surface area is 117 Å². The van der Waals surface area contributed by atoms with Crippen molar-refractivity contribution in [1.82, 2.24) is 4.90 Å². The summed E-state index contributed by atoms with van der Waals surface area (Å²) in [6.45, 7) is 11.8. The van der Waals surface area contributed by atoms with Gasteiger partial charge in [0.15, 0.2) is 0 Å². The molecule has 1 aromatic carbocycles. The quantitative estimate of drug-likeness (QED) is 0.900. The third-order valence-corrected chi connectivity index (χ3v) is 4.43. The van der Waals surface area contributed by atoms with Crippen molar-refractivity contribution < 1.29 is 5.11 Å². The van der Waals surface area contributed by atoms with Crippen LogP contribution in [0.2, 0.25) is 0 Å². The Kier molecular flexibility index (Phi) is 4.32. The molecule has 0 aliphatic carbocycles. The van der Waals surface area contributed by atoms with E-state index in [2.05, 4.69) is 50.8 Å². The molecule has 2 rings (SSSR count). The number of benzene rings is 1. The second-order valence-electron chi connectivity index (χ2n) is 6.84. The van der Waals surface area contributed by atoms with Crippen LogP contribution in [0, 0.1) is 19.3 Å². The lowest BCUT2D eigenvalue weighted by atomic mass is 9.82. The molecule has 0 aromatic heterocycles. The van der Waals surface area contributed by atoms with Gasteiger partial charge in [0.1, 0.15) is 0 Å². The maximum Gasteiger partial charge on any atom is 0.0919 e. The van der Waals surface area contributed by atoms with Crippen molar-refractivity contribution in [3.05, 3.63) is 34.9 Å². The molecule has 0 amide bonds. The van der Waals surface area contributed by atoms with Crippen LogP contribution >= 0.6 is 0 Å². The van der Waals surface area contributed by atoms with E-state index in [-0.39, 0.29) is 6.10 Å². The van der Waals surface area contributed by atoms with Crippen molar-refractivity contribution in [3.8, 4) is 0 Å². The van der Waals surface area contributed by atoms with E-state index in [9.17, 15) is 5.11 Å². The molecule has 2 heteroatoms. The normalized spacial score (nSPS) is 21.3. The second-order valence-corrected chi connectivity index (χ2v) is 6.84. The Bertz CT molecular complexity index is 429. The van der Waals surface area contributed by atoms with Gasteiger partial charge >= 0.3 is 0 Å². The van der Waals surface area contributed by atoms with Crippen molar-refractivity contribution in [3.63, 3.8) is 0 Å². The highest BCUT2D eigenvalue weighted by molar-refractivity contribution is 5.32. The van der Waals surface area contributed by atoms with E-state index < -0.39 is 0 Å². The number of hydrogen-bond donors (Lipinski definition) is 1. The van der Waals surface area contributed by atoms with Crippen molar-refractivity contribution in [1.29, 1.82) is 0 Å². The number of aliphatic hydroxyl groups excluding tert-OH is 1. The van der Waals surface area contributed by atoms with Gasteiger partial charge in [0.2, 0.25) is 0 Å². The van der Waals surface area contributed by atoms with Crippen molar-refractivity contribution in [2.24, 2.45) is 5.41 Å². The Hall–Kier alpha value is -0.860. The predicted molar refractivity (Wildman–Crippen MR) is 80.3 cm³/mol. The van der Waals surface area contributed by atoms with Crippen LogP contribution in [0.25, 0.3) is 0 Å². The number of aliphatic hydroxyl groups is 1. The fourth-order valence-electron chi connectivity index (χ4n) is 2.80. The first kappa shape index (κ1) is 14.5. The van der Waals surface area contributed by atoms with E-state index in [0.29, 0.717) is 5.41 Å². The average Bonchev–Trinajstić information content (AvgIpc) is 2.35. The largest absolute Gasteiger partial charge is 0.387 e. The van der Waals surface area contributed by atoms with Crippen LogP contribution in [-0.4, -0.2) is 29.6 Å². The first-order chi connectivity index (χ1) is 8.87. The molecule has 1 saturated heterocycles. The Morgan fingerprint density at radius 2 is 1.84 bits per heavy atom. The predicted octanol–water partition coefficient (Wildman–Crippen LogP) is 3.46. The van der Waals surface area contributed by atoms with Gasteiger partial charge in [-0.2, -0.15) is 0 Å². The zero-order valence-electron chi connectivity index (χ0n) is 12.7. The van der Waals surface area contributed by atoms with Gasteiger partial charge in [0.05, 0.1) is 6.10 Å². The molecule has 0 radical (unpaired) electrons. The molecule has 2 nitrogen and oxygen atoms in total. The Morgan fingerprint density at radius 3 is 2.47 bits per heavy atom. The second kappa shape index (κ2) is 5.64. The van der Waals surface area contributed by atoms with Crippen molar-refractivity contribution >= 4 is 0 Å². The fraction of sp³-hybridized carbons (Fsp3) is 0.647. The van der Waals surface area contributed by atoms with Crippen molar-refractivity contribution in [2.75, 3.05) is 19.6 Å². The third-order valence-electron chi connectivity index (χ3n) is 4.43. The van der Waals surface area contributed by atoms with E-state index in [4.69, 9.17) is 0 Å². The monoisotopic (exact) mass is 261 g/mol. The molecular formula is C17H27NO. The first-order valence-corrected chi connectivity index (χ1v) is 7.35.